The fraction of sp³-hybridized carbons (Fsp3) is 0.217. The number of rotatable bonds is 6. The Morgan fingerprint density at radius 2 is 1.77 bits per heavy atom. The monoisotopic (exact) mass is 445 g/mol. The van der Waals surface area contributed by atoms with Crippen LogP contribution in [0.1, 0.15) is 41.4 Å². The number of nitrogens with zero attached hydrogens (tertiary/aromatic N) is 1. The first kappa shape index (κ1) is 22.5. The number of carbonyl (C=O) groups excluding carboxylic acids is 1. The van der Waals surface area contributed by atoms with Crippen LogP contribution in [0.4, 0.5) is 25.8 Å². The lowest BCUT2D eigenvalue weighted by atomic mass is 10.0. The lowest BCUT2D eigenvalue weighted by Gasteiger charge is -2.18. The van der Waals surface area contributed by atoms with E-state index in [1.54, 1.807) is 25.1 Å². The van der Waals surface area contributed by atoms with Gasteiger partial charge < -0.3 is 15.4 Å². The molecule has 0 atom stereocenters. The smallest absolute Gasteiger partial charge is 0.257 e. The van der Waals surface area contributed by atoms with Gasteiger partial charge in [0.15, 0.2) is 0 Å². The number of hydrogen-bond donors (Lipinski definition) is 2. The molecule has 0 aliphatic heterocycles. The molecule has 0 aliphatic rings. The largest absolute Gasteiger partial charge is 0.481 e. The van der Waals surface area contributed by atoms with Gasteiger partial charge in [0.1, 0.15) is 11.6 Å². The first-order valence-corrected chi connectivity index (χ1v) is 9.96. The van der Waals surface area contributed by atoms with Crippen LogP contribution in [-0.4, -0.2) is 18.0 Å². The van der Waals surface area contributed by atoms with Crippen molar-refractivity contribution in [2.75, 3.05) is 17.7 Å². The maximum Gasteiger partial charge on any atom is 0.257 e. The van der Waals surface area contributed by atoms with Crippen molar-refractivity contribution in [2.45, 2.75) is 26.7 Å². The predicted molar refractivity (Wildman–Crippen MR) is 119 cm³/mol. The van der Waals surface area contributed by atoms with Crippen molar-refractivity contribution in [1.29, 1.82) is 0 Å². The zero-order valence-electron chi connectivity index (χ0n) is 17.5. The number of halogens is 3. The lowest BCUT2D eigenvalue weighted by molar-refractivity contribution is 0.102. The maximum atomic E-state index is 14.2. The summed E-state index contributed by atoms with van der Waals surface area (Å²) in [5.41, 5.74) is 2.61. The SMILES string of the molecule is COc1ccc(NC(=O)c2cc(Cl)c(F)cc2Nc2ccc(F)cc2C(C)C)c(C)n1. The van der Waals surface area contributed by atoms with Gasteiger partial charge in [-0.3, -0.25) is 4.79 Å². The Hall–Kier alpha value is -3.19. The highest BCUT2D eigenvalue weighted by molar-refractivity contribution is 6.31. The summed E-state index contributed by atoms with van der Waals surface area (Å²) in [7, 11) is 1.50. The molecule has 0 saturated heterocycles. The van der Waals surface area contributed by atoms with E-state index in [4.69, 9.17) is 16.3 Å². The summed E-state index contributed by atoms with van der Waals surface area (Å²) in [5, 5.41) is 5.62. The zero-order chi connectivity index (χ0) is 22.7. The molecule has 2 N–H and O–H groups in total. The molecule has 31 heavy (non-hydrogen) atoms. The second kappa shape index (κ2) is 9.31. The number of hydrogen-bond acceptors (Lipinski definition) is 4. The Morgan fingerprint density at radius 1 is 1.06 bits per heavy atom. The Bertz CT molecular complexity index is 1140. The average Bonchev–Trinajstić information content (AvgIpc) is 2.72. The van der Waals surface area contributed by atoms with E-state index in [0.29, 0.717) is 28.5 Å². The number of ether oxygens (including phenoxy) is 1. The molecular weight excluding hydrogens is 424 g/mol. The number of amides is 1. The van der Waals surface area contributed by atoms with Crippen molar-refractivity contribution in [3.8, 4) is 5.88 Å². The van der Waals surface area contributed by atoms with E-state index in [1.165, 1.54) is 25.3 Å². The lowest BCUT2D eigenvalue weighted by Crippen LogP contribution is -2.16. The van der Waals surface area contributed by atoms with E-state index in [-0.39, 0.29) is 28.0 Å². The Balaban J connectivity index is 1.99. The number of methoxy groups -OCH3 is 1. The van der Waals surface area contributed by atoms with Crippen LogP contribution < -0.4 is 15.4 Å². The summed E-state index contributed by atoms with van der Waals surface area (Å²) < 4.78 is 33.0. The molecule has 0 bridgehead atoms. The number of pyridine rings is 1. The standard InChI is InChI=1S/C23H22ClF2N3O2/c1-12(2)15-9-14(25)5-6-20(15)28-21-11-18(26)17(24)10-16(21)23(30)29-19-7-8-22(31-4)27-13(19)3/h5-12,28H,1-4H3,(H,29,30). The van der Waals surface area contributed by atoms with Crippen molar-refractivity contribution in [2.24, 2.45) is 0 Å². The molecule has 2 aromatic carbocycles. The number of nitrogens with one attached hydrogen (secondary N) is 2. The van der Waals surface area contributed by atoms with Gasteiger partial charge in [0, 0.05) is 11.8 Å². The van der Waals surface area contributed by atoms with Gasteiger partial charge in [0.2, 0.25) is 5.88 Å². The van der Waals surface area contributed by atoms with E-state index in [9.17, 15) is 13.6 Å². The molecule has 5 nitrogen and oxygen atoms in total. The summed E-state index contributed by atoms with van der Waals surface area (Å²) >= 11 is 5.95. The highest BCUT2D eigenvalue weighted by atomic mass is 35.5. The Kier molecular flexibility index (Phi) is 6.75. The highest BCUT2D eigenvalue weighted by Gasteiger charge is 2.18. The Labute approximate surface area is 184 Å². The summed E-state index contributed by atoms with van der Waals surface area (Å²) in [6.45, 7) is 5.55. The molecule has 0 aliphatic carbocycles. The molecule has 0 unspecified atom stereocenters. The molecular formula is C23H22ClF2N3O2. The van der Waals surface area contributed by atoms with Gasteiger partial charge in [-0.15, -0.1) is 0 Å². The summed E-state index contributed by atoms with van der Waals surface area (Å²) in [5.74, 6) is -1.15. The third kappa shape index (κ3) is 5.11. The van der Waals surface area contributed by atoms with Crippen molar-refractivity contribution in [3.63, 3.8) is 0 Å². The van der Waals surface area contributed by atoms with E-state index in [0.717, 1.165) is 6.07 Å². The van der Waals surface area contributed by atoms with Gasteiger partial charge in [-0.25, -0.2) is 13.8 Å². The van der Waals surface area contributed by atoms with Gasteiger partial charge in [-0.1, -0.05) is 25.4 Å². The number of carbonyl (C=O) groups is 1. The van der Waals surface area contributed by atoms with Gasteiger partial charge in [-0.05, 0) is 54.8 Å². The summed E-state index contributed by atoms with van der Waals surface area (Å²) in [4.78, 5) is 17.2. The van der Waals surface area contributed by atoms with Crippen LogP contribution in [0.2, 0.25) is 5.02 Å². The van der Waals surface area contributed by atoms with Crippen molar-refractivity contribution in [3.05, 3.63) is 75.9 Å². The van der Waals surface area contributed by atoms with Gasteiger partial charge >= 0.3 is 0 Å². The van der Waals surface area contributed by atoms with Crippen LogP contribution in [0.3, 0.4) is 0 Å². The number of anilines is 3. The molecule has 8 heteroatoms. The molecule has 3 rings (SSSR count). The van der Waals surface area contributed by atoms with E-state index < -0.39 is 11.7 Å². The van der Waals surface area contributed by atoms with Crippen LogP contribution >= 0.6 is 11.6 Å². The average molecular weight is 446 g/mol. The first-order valence-electron chi connectivity index (χ1n) is 9.58. The van der Waals surface area contributed by atoms with Gasteiger partial charge in [-0.2, -0.15) is 0 Å². The topological polar surface area (TPSA) is 63.2 Å². The third-order valence-electron chi connectivity index (χ3n) is 4.73. The van der Waals surface area contributed by atoms with Crippen LogP contribution in [-0.2, 0) is 0 Å². The molecule has 0 saturated carbocycles. The molecule has 0 spiro atoms. The van der Waals surface area contributed by atoms with Gasteiger partial charge in [0.25, 0.3) is 5.91 Å². The minimum absolute atomic E-state index is 0.000599. The van der Waals surface area contributed by atoms with E-state index in [2.05, 4.69) is 15.6 Å². The minimum atomic E-state index is -0.684. The molecule has 1 amide bonds. The van der Waals surface area contributed by atoms with Crippen LogP contribution in [0.5, 0.6) is 5.88 Å². The van der Waals surface area contributed by atoms with Crippen LogP contribution in [0, 0.1) is 18.6 Å². The van der Waals surface area contributed by atoms with Crippen molar-refractivity contribution < 1.29 is 18.3 Å². The van der Waals surface area contributed by atoms with E-state index >= 15 is 0 Å². The van der Waals surface area contributed by atoms with Crippen LogP contribution in [0.15, 0.2) is 42.5 Å². The number of aryl methyl sites for hydroxylation is 1. The molecule has 1 heterocycles. The maximum absolute atomic E-state index is 14.2. The summed E-state index contributed by atoms with van der Waals surface area (Å²) in [6.07, 6.45) is 0. The second-order valence-corrected chi connectivity index (χ2v) is 7.67. The van der Waals surface area contributed by atoms with Crippen molar-refractivity contribution in [1.82, 2.24) is 4.98 Å². The number of aromatic nitrogens is 1. The van der Waals surface area contributed by atoms with E-state index in [1.807, 2.05) is 13.8 Å². The first-order chi connectivity index (χ1) is 14.7. The number of benzene rings is 2. The quantitative estimate of drug-likeness (QED) is 0.457. The molecule has 162 valence electrons. The third-order valence-corrected chi connectivity index (χ3v) is 5.02. The minimum Gasteiger partial charge on any atom is -0.481 e. The molecule has 0 fully saturated rings. The fourth-order valence-electron chi connectivity index (χ4n) is 3.08. The molecule has 0 radical (unpaired) electrons. The Morgan fingerprint density at radius 3 is 2.42 bits per heavy atom. The zero-order valence-corrected chi connectivity index (χ0v) is 18.3. The van der Waals surface area contributed by atoms with Crippen LogP contribution in [0.25, 0.3) is 0 Å². The second-order valence-electron chi connectivity index (χ2n) is 7.26. The summed E-state index contributed by atoms with van der Waals surface area (Å²) in [6, 6.07) is 9.93. The molecule has 3 aromatic rings. The molecule has 1 aromatic heterocycles. The highest BCUT2D eigenvalue weighted by Crippen LogP contribution is 2.32. The predicted octanol–water partition coefficient (Wildman–Crippen LogP) is 6.45. The fourth-order valence-corrected chi connectivity index (χ4v) is 3.25. The normalized spacial score (nSPS) is 10.8. The van der Waals surface area contributed by atoms with Gasteiger partial charge in [0.05, 0.1) is 34.8 Å². The van der Waals surface area contributed by atoms with Crippen molar-refractivity contribution >= 4 is 34.6 Å².